The van der Waals surface area contributed by atoms with Crippen molar-refractivity contribution >= 4 is 5.91 Å². The van der Waals surface area contributed by atoms with E-state index in [9.17, 15) is 4.79 Å². The summed E-state index contributed by atoms with van der Waals surface area (Å²) >= 11 is 0. The van der Waals surface area contributed by atoms with Crippen molar-refractivity contribution in [2.24, 2.45) is 0 Å². The zero-order valence-corrected chi connectivity index (χ0v) is 17.6. The Morgan fingerprint density at radius 1 is 0.867 bits per heavy atom. The largest absolute Gasteiger partial charge is 0.454 e. The number of amides is 1. The summed E-state index contributed by atoms with van der Waals surface area (Å²) in [6.07, 6.45) is 12.8. The van der Waals surface area contributed by atoms with Gasteiger partial charge in [-0.25, -0.2) is 9.97 Å². The Bertz CT molecular complexity index is 889. The Hall–Kier alpha value is -2.47. The van der Waals surface area contributed by atoms with E-state index in [2.05, 4.69) is 27.0 Å². The molecule has 0 spiro atoms. The van der Waals surface area contributed by atoms with Gasteiger partial charge in [-0.05, 0) is 68.2 Å². The molecule has 2 fully saturated rings. The second-order valence-corrected chi connectivity index (χ2v) is 8.75. The van der Waals surface area contributed by atoms with Gasteiger partial charge in [0.05, 0.1) is 12.4 Å². The monoisotopic (exact) mass is 406 g/mol. The van der Waals surface area contributed by atoms with E-state index in [1.54, 1.807) is 12.4 Å². The summed E-state index contributed by atoms with van der Waals surface area (Å²) in [5.74, 6) is 1.55. The fourth-order valence-electron chi connectivity index (χ4n) is 4.75. The molecule has 0 N–H and O–H groups in total. The quantitative estimate of drug-likeness (QED) is 0.772. The van der Waals surface area contributed by atoms with Crippen LogP contribution in [0.1, 0.15) is 60.3 Å². The lowest BCUT2D eigenvalue weighted by Crippen LogP contribution is -2.41. The van der Waals surface area contributed by atoms with Crippen LogP contribution in [0.4, 0.5) is 0 Å². The second-order valence-electron chi connectivity index (χ2n) is 8.75. The number of ether oxygens (including phenoxy) is 1. The molecule has 30 heavy (non-hydrogen) atoms. The first-order chi connectivity index (χ1) is 14.8. The Kier molecular flexibility index (Phi) is 5.67. The number of nitrogens with zero attached hydrogens (tertiary/aromatic N) is 4. The highest BCUT2D eigenvalue weighted by Gasteiger charge is 2.26. The molecule has 1 aromatic heterocycles. The molecular formula is C24H30N4O2. The summed E-state index contributed by atoms with van der Waals surface area (Å²) < 4.78 is 6.01. The zero-order valence-electron chi connectivity index (χ0n) is 17.6. The topological polar surface area (TPSA) is 58.6 Å². The fraction of sp³-hybridized carbons (Fsp3) is 0.542. The van der Waals surface area contributed by atoms with Crippen LogP contribution in [0, 0.1) is 0 Å². The third kappa shape index (κ3) is 4.19. The van der Waals surface area contributed by atoms with Crippen LogP contribution < -0.4 is 4.74 Å². The molecule has 0 atom stereocenters. The van der Waals surface area contributed by atoms with Crippen LogP contribution in [0.3, 0.4) is 0 Å². The molecule has 3 aliphatic rings. The van der Waals surface area contributed by atoms with E-state index < -0.39 is 0 Å². The number of hydrogen-bond acceptors (Lipinski definition) is 5. The molecule has 0 unspecified atom stereocenters. The minimum absolute atomic E-state index is 0.0812. The molecule has 2 aromatic rings. The number of carbonyl (C=O) groups excluding carboxylic acids is 1. The van der Waals surface area contributed by atoms with Crippen LogP contribution in [0.25, 0.3) is 0 Å². The molecule has 1 saturated carbocycles. The summed E-state index contributed by atoms with van der Waals surface area (Å²) in [6.45, 7) is 3.90. The van der Waals surface area contributed by atoms with E-state index in [0.29, 0.717) is 5.75 Å². The molecule has 0 bridgehead atoms. The van der Waals surface area contributed by atoms with Crippen molar-refractivity contribution in [2.45, 2.75) is 57.4 Å². The van der Waals surface area contributed by atoms with E-state index in [-0.39, 0.29) is 11.7 Å². The summed E-state index contributed by atoms with van der Waals surface area (Å²) in [5.41, 5.74) is 2.81. The van der Waals surface area contributed by atoms with E-state index >= 15 is 0 Å². The van der Waals surface area contributed by atoms with Crippen LogP contribution in [-0.2, 0) is 12.8 Å². The lowest BCUT2D eigenvalue weighted by molar-refractivity contribution is 0.0711. The zero-order chi connectivity index (χ0) is 20.3. The van der Waals surface area contributed by atoms with Crippen LogP contribution >= 0.6 is 0 Å². The number of benzene rings is 1. The SMILES string of the molecule is O=C(c1ncc(Oc2ccc3c(c2)CCN(C2CCC2)CC3)cn1)N1CCCCC1. The van der Waals surface area contributed by atoms with Crippen LogP contribution in [-0.4, -0.2) is 57.9 Å². The first-order valence-electron chi connectivity index (χ1n) is 11.4. The predicted molar refractivity (Wildman–Crippen MR) is 115 cm³/mol. The van der Waals surface area contributed by atoms with Crippen molar-refractivity contribution in [1.82, 2.24) is 19.8 Å². The van der Waals surface area contributed by atoms with Crippen molar-refractivity contribution in [2.75, 3.05) is 26.2 Å². The van der Waals surface area contributed by atoms with E-state index in [1.807, 2.05) is 11.0 Å². The molecule has 158 valence electrons. The standard InChI is InChI=1S/C24H30N4O2/c29-24(28-11-2-1-3-12-28)23-25-16-22(17-26-23)30-21-8-7-18-9-13-27(20-5-4-6-20)14-10-19(18)15-21/h7-8,15-17,20H,1-6,9-14H2. The second kappa shape index (κ2) is 8.72. The lowest BCUT2D eigenvalue weighted by atomic mass is 9.91. The van der Waals surface area contributed by atoms with Gasteiger partial charge in [-0.3, -0.25) is 9.69 Å². The smallest absolute Gasteiger partial charge is 0.291 e. The van der Waals surface area contributed by atoms with Gasteiger partial charge in [0.25, 0.3) is 5.91 Å². The summed E-state index contributed by atoms with van der Waals surface area (Å²) in [5, 5.41) is 0. The van der Waals surface area contributed by atoms with Crippen LogP contribution in [0.2, 0.25) is 0 Å². The number of piperidine rings is 1. The number of aromatic nitrogens is 2. The number of hydrogen-bond donors (Lipinski definition) is 0. The number of likely N-dealkylation sites (tertiary alicyclic amines) is 1. The molecule has 3 heterocycles. The van der Waals surface area contributed by atoms with Gasteiger partial charge in [-0.15, -0.1) is 0 Å². The molecule has 1 aromatic carbocycles. The Morgan fingerprint density at radius 2 is 1.60 bits per heavy atom. The van der Waals surface area contributed by atoms with E-state index in [4.69, 9.17) is 4.74 Å². The summed E-state index contributed by atoms with van der Waals surface area (Å²) in [6, 6.07) is 7.19. The van der Waals surface area contributed by atoms with Gasteiger partial charge in [-0.2, -0.15) is 0 Å². The molecular weight excluding hydrogens is 376 g/mol. The van der Waals surface area contributed by atoms with Gasteiger partial charge in [0.15, 0.2) is 5.75 Å². The van der Waals surface area contributed by atoms with E-state index in [1.165, 1.54) is 36.8 Å². The van der Waals surface area contributed by atoms with Gasteiger partial charge in [-0.1, -0.05) is 12.5 Å². The Morgan fingerprint density at radius 3 is 2.30 bits per heavy atom. The number of fused-ring (bicyclic) bond motifs is 1. The maximum Gasteiger partial charge on any atom is 0.291 e. The van der Waals surface area contributed by atoms with Gasteiger partial charge < -0.3 is 9.64 Å². The van der Waals surface area contributed by atoms with Crippen molar-refractivity contribution < 1.29 is 9.53 Å². The minimum Gasteiger partial charge on any atom is -0.454 e. The predicted octanol–water partition coefficient (Wildman–Crippen LogP) is 3.85. The van der Waals surface area contributed by atoms with Crippen LogP contribution in [0.5, 0.6) is 11.5 Å². The Balaban J connectivity index is 1.23. The molecule has 5 rings (SSSR count). The maximum absolute atomic E-state index is 12.5. The third-order valence-corrected chi connectivity index (χ3v) is 6.80. The summed E-state index contributed by atoms with van der Waals surface area (Å²) in [7, 11) is 0. The first kappa shape index (κ1) is 19.5. The van der Waals surface area contributed by atoms with Gasteiger partial charge in [0.2, 0.25) is 5.82 Å². The van der Waals surface area contributed by atoms with Gasteiger partial charge >= 0.3 is 0 Å². The van der Waals surface area contributed by atoms with Crippen molar-refractivity contribution in [3.63, 3.8) is 0 Å². The molecule has 1 saturated heterocycles. The highest BCUT2D eigenvalue weighted by atomic mass is 16.5. The fourth-order valence-corrected chi connectivity index (χ4v) is 4.75. The third-order valence-electron chi connectivity index (χ3n) is 6.80. The van der Waals surface area contributed by atoms with Crippen molar-refractivity contribution in [3.8, 4) is 11.5 Å². The van der Waals surface area contributed by atoms with Crippen molar-refractivity contribution in [1.29, 1.82) is 0 Å². The highest BCUT2D eigenvalue weighted by molar-refractivity contribution is 5.90. The van der Waals surface area contributed by atoms with Gasteiger partial charge in [0.1, 0.15) is 5.75 Å². The van der Waals surface area contributed by atoms with Crippen molar-refractivity contribution in [3.05, 3.63) is 47.5 Å². The highest BCUT2D eigenvalue weighted by Crippen LogP contribution is 2.29. The van der Waals surface area contributed by atoms with Crippen LogP contribution in [0.15, 0.2) is 30.6 Å². The summed E-state index contributed by atoms with van der Waals surface area (Å²) in [4.78, 5) is 25.6. The molecule has 6 heteroatoms. The average molecular weight is 407 g/mol. The number of carbonyl (C=O) groups is 1. The normalized spacial score (nSPS) is 20.2. The molecule has 6 nitrogen and oxygen atoms in total. The van der Waals surface area contributed by atoms with Gasteiger partial charge in [0, 0.05) is 32.2 Å². The molecule has 1 aliphatic carbocycles. The average Bonchev–Trinajstić information content (AvgIpc) is 2.96. The molecule has 0 radical (unpaired) electrons. The Labute approximate surface area is 178 Å². The van der Waals surface area contributed by atoms with E-state index in [0.717, 1.165) is 63.7 Å². The minimum atomic E-state index is -0.0812. The number of rotatable bonds is 4. The first-order valence-corrected chi connectivity index (χ1v) is 11.4. The molecule has 2 aliphatic heterocycles. The maximum atomic E-state index is 12.5. The molecule has 1 amide bonds. The lowest BCUT2D eigenvalue weighted by Gasteiger charge is -2.36.